The van der Waals surface area contributed by atoms with Gasteiger partial charge in [0.1, 0.15) is 0 Å². The number of para-hydroxylation sites is 2. The molecular formula is C32H26N2O4S. The Morgan fingerprint density at radius 2 is 1.62 bits per heavy atom. The van der Waals surface area contributed by atoms with E-state index in [4.69, 9.17) is 4.74 Å². The summed E-state index contributed by atoms with van der Waals surface area (Å²) in [4.78, 5) is 43.3. The number of esters is 1. The highest BCUT2D eigenvalue weighted by Crippen LogP contribution is 2.48. The zero-order chi connectivity index (χ0) is 26.9. The summed E-state index contributed by atoms with van der Waals surface area (Å²) in [7, 11) is 1.34. The van der Waals surface area contributed by atoms with Crippen molar-refractivity contribution in [2.75, 3.05) is 17.3 Å². The van der Waals surface area contributed by atoms with Crippen LogP contribution >= 0.6 is 11.3 Å². The van der Waals surface area contributed by atoms with Crippen LogP contribution in [0, 0.1) is 0 Å². The van der Waals surface area contributed by atoms with Gasteiger partial charge in [-0.2, -0.15) is 0 Å². The first-order valence-corrected chi connectivity index (χ1v) is 13.7. The van der Waals surface area contributed by atoms with E-state index in [9.17, 15) is 14.4 Å². The minimum Gasteiger partial charge on any atom is -0.465 e. The third-order valence-electron chi connectivity index (χ3n) is 7.32. The van der Waals surface area contributed by atoms with Crippen molar-refractivity contribution in [2.24, 2.45) is 0 Å². The maximum Gasteiger partial charge on any atom is 0.337 e. The van der Waals surface area contributed by atoms with E-state index < -0.39 is 12.0 Å². The minimum atomic E-state index is -0.688. The number of anilines is 2. The zero-order valence-corrected chi connectivity index (χ0v) is 22.1. The molecule has 6 nitrogen and oxygen atoms in total. The van der Waals surface area contributed by atoms with E-state index in [1.165, 1.54) is 12.0 Å². The maximum atomic E-state index is 14.2. The molecule has 1 aromatic heterocycles. The van der Waals surface area contributed by atoms with Crippen molar-refractivity contribution in [1.29, 1.82) is 0 Å². The van der Waals surface area contributed by atoms with Crippen LogP contribution in [-0.4, -0.2) is 24.8 Å². The molecule has 4 aromatic rings. The summed E-state index contributed by atoms with van der Waals surface area (Å²) < 4.78 is 4.88. The topological polar surface area (TPSA) is 75.7 Å². The van der Waals surface area contributed by atoms with Gasteiger partial charge in [0, 0.05) is 34.0 Å². The Labute approximate surface area is 230 Å². The van der Waals surface area contributed by atoms with Gasteiger partial charge in [-0.15, -0.1) is 11.3 Å². The number of carbonyl (C=O) groups excluding carboxylic acids is 3. The third kappa shape index (κ3) is 4.55. The first kappa shape index (κ1) is 24.8. The lowest BCUT2D eigenvalue weighted by atomic mass is 9.80. The van der Waals surface area contributed by atoms with E-state index >= 15 is 0 Å². The van der Waals surface area contributed by atoms with Crippen LogP contribution in [0.1, 0.15) is 56.0 Å². The van der Waals surface area contributed by atoms with Gasteiger partial charge < -0.3 is 10.1 Å². The highest BCUT2D eigenvalue weighted by molar-refractivity contribution is 7.10. The molecule has 194 valence electrons. The van der Waals surface area contributed by atoms with E-state index in [1.54, 1.807) is 52.6 Å². The van der Waals surface area contributed by atoms with Gasteiger partial charge in [-0.3, -0.25) is 14.5 Å². The second-order valence-corrected chi connectivity index (χ2v) is 10.6. The number of hydrogen-bond donors (Lipinski definition) is 1. The molecule has 39 heavy (non-hydrogen) atoms. The number of benzene rings is 3. The molecule has 0 spiro atoms. The third-order valence-corrected chi connectivity index (χ3v) is 8.36. The van der Waals surface area contributed by atoms with E-state index in [2.05, 4.69) is 11.4 Å². The fraction of sp³-hybridized carbons (Fsp3) is 0.156. The number of thiophene rings is 1. The molecule has 2 heterocycles. The zero-order valence-electron chi connectivity index (χ0n) is 21.3. The number of Topliss-reactive ketones (excluding diaryl/α,β-unsaturated/α-hetero) is 1. The highest BCUT2D eigenvalue weighted by atomic mass is 32.1. The van der Waals surface area contributed by atoms with Crippen LogP contribution in [0.3, 0.4) is 0 Å². The van der Waals surface area contributed by atoms with Gasteiger partial charge in [-0.05, 0) is 59.8 Å². The van der Waals surface area contributed by atoms with E-state index in [-0.39, 0.29) is 17.6 Å². The Hall–Kier alpha value is -4.49. The summed E-state index contributed by atoms with van der Waals surface area (Å²) in [5.74, 6) is -0.592. The number of methoxy groups -OCH3 is 1. The lowest BCUT2D eigenvalue weighted by molar-refractivity contribution is -0.116. The molecule has 6 rings (SSSR count). The number of amides is 1. The number of rotatable bonds is 4. The summed E-state index contributed by atoms with van der Waals surface area (Å²) in [5, 5.41) is 5.59. The Morgan fingerprint density at radius 1 is 0.872 bits per heavy atom. The number of allylic oxidation sites excluding steroid dienone is 1. The second kappa shape index (κ2) is 10.3. The summed E-state index contributed by atoms with van der Waals surface area (Å²) >= 11 is 1.66. The number of fused-ring (bicyclic) bond motifs is 1. The van der Waals surface area contributed by atoms with Crippen LogP contribution in [-0.2, 0) is 9.53 Å². The number of ether oxygens (including phenoxy) is 1. The summed E-state index contributed by atoms with van der Waals surface area (Å²) in [6, 6.07) is 27.1. The van der Waals surface area contributed by atoms with E-state index in [0.717, 1.165) is 16.9 Å². The van der Waals surface area contributed by atoms with Crippen LogP contribution in [0.15, 0.2) is 108 Å². The van der Waals surface area contributed by atoms with Crippen molar-refractivity contribution in [2.45, 2.75) is 24.8 Å². The normalized spacial score (nSPS) is 18.5. The van der Waals surface area contributed by atoms with Crippen molar-refractivity contribution >= 4 is 40.4 Å². The SMILES string of the molecule is COC(=O)c1ccc(C2C3=C(CC(c4cccs4)CC3=O)Nc3ccccc3N2C(=O)c2ccccc2)cc1. The Balaban J connectivity index is 1.56. The van der Waals surface area contributed by atoms with Crippen molar-refractivity contribution in [3.8, 4) is 0 Å². The molecule has 0 radical (unpaired) electrons. The maximum absolute atomic E-state index is 14.2. The van der Waals surface area contributed by atoms with Crippen molar-refractivity contribution < 1.29 is 19.1 Å². The number of nitrogens with zero attached hydrogens (tertiary/aromatic N) is 1. The molecule has 7 heteroatoms. The standard InChI is InChI=1S/C32H26N2O4S/c1-38-32(37)22-15-13-20(14-16-22)30-29-25(18-23(19-27(29)35)28-12-7-17-39-28)33-24-10-5-6-11-26(24)34(30)31(36)21-8-3-2-4-9-21/h2-17,23,30,33H,18-19H2,1H3. The molecule has 2 atom stereocenters. The van der Waals surface area contributed by atoms with Gasteiger partial charge in [0.05, 0.1) is 30.1 Å². The fourth-order valence-corrected chi connectivity index (χ4v) is 6.32. The number of ketones is 1. The Morgan fingerprint density at radius 3 is 2.33 bits per heavy atom. The number of hydrogen-bond acceptors (Lipinski definition) is 6. The Kier molecular flexibility index (Phi) is 6.59. The first-order chi connectivity index (χ1) is 19.0. The summed E-state index contributed by atoms with van der Waals surface area (Å²) in [6.07, 6.45) is 1.02. The lowest BCUT2D eigenvalue weighted by Crippen LogP contribution is -2.38. The predicted octanol–water partition coefficient (Wildman–Crippen LogP) is 6.75. The number of nitrogens with one attached hydrogen (secondary N) is 1. The average molecular weight is 535 g/mol. The monoisotopic (exact) mass is 534 g/mol. The quantitative estimate of drug-likeness (QED) is 0.293. The molecule has 1 aliphatic carbocycles. The van der Waals surface area contributed by atoms with Gasteiger partial charge in [0.25, 0.3) is 5.91 Å². The number of carbonyl (C=O) groups is 3. The molecule has 2 aliphatic rings. The molecule has 1 N–H and O–H groups in total. The predicted molar refractivity (Wildman–Crippen MR) is 152 cm³/mol. The first-order valence-electron chi connectivity index (χ1n) is 12.8. The molecule has 0 bridgehead atoms. The van der Waals surface area contributed by atoms with Gasteiger partial charge in [-0.1, -0.05) is 48.5 Å². The Bertz CT molecular complexity index is 1580. The van der Waals surface area contributed by atoms with Gasteiger partial charge >= 0.3 is 5.97 Å². The smallest absolute Gasteiger partial charge is 0.337 e. The molecule has 3 aromatic carbocycles. The van der Waals surface area contributed by atoms with E-state index in [0.29, 0.717) is 35.2 Å². The van der Waals surface area contributed by atoms with Gasteiger partial charge in [-0.25, -0.2) is 4.79 Å². The molecule has 1 amide bonds. The van der Waals surface area contributed by atoms with Crippen LogP contribution < -0.4 is 10.2 Å². The molecule has 1 aliphatic heterocycles. The molecule has 0 saturated carbocycles. The minimum absolute atomic E-state index is 0.00265. The van der Waals surface area contributed by atoms with Crippen LogP contribution in [0.2, 0.25) is 0 Å². The highest BCUT2D eigenvalue weighted by Gasteiger charge is 2.42. The van der Waals surface area contributed by atoms with Crippen LogP contribution in [0.5, 0.6) is 0 Å². The van der Waals surface area contributed by atoms with Crippen molar-refractivity contribution in [1.82, 2.24) is 0 Å². The lowest BCUT2D eigenvalue weighted by Gasteiger charge is -2.35. The largest absolute Gasteiger partial charge is 0.465 e. The second-order valence-electron chi connectivity index (χ2n) is 9.64. The molecular weight excluding hydrogens is 508 g/mol. The van der Waals surface area contributed by atoms with E-state index in [1.807, 2.05) is 53.9 Å². The fourth-order valence-electron chi connectivity index (χ4n) is 5.49. The molecule has 0 fully saturated rings. The molecule has 0 saturated heterocycles. The van der Waals surface area contributed by atoms with Gasteiger partial charge in [0.2, 0.25) is 0 Å². The average Bonchev–Trinajstić information content (AvgIpc) is 3.47. The van der Waals surface area contributed by atoms with Crippen LogP contribution in [0.25, 0.3) is 0 Å². The summed E-state index contributed by atoms with van der Waals surface area (Å²) in [5.41, 5.74) is 4.51. The van der Waals surface area contributed by atoms with Gasteiger partial charge in [0.15, 0.2) is 5.78 Å². The summed E-state index contributed by atoms with van der Waals surface area (Å²) in [6.45, 7) is 0. The van der Waals surface area contributed by atoms with Crippen LogP contribution in [0.4, 0.5) is 11.4 Å². The van der Waals surface area contributed by atoms with Crippen molar-refractivity contribution in [3.63, 3.8) is 0 Å². The molecule has 2 unspecified atom stereocenters. The van der Waals surface area contributed by atoms with Crippen molar-refractivity contribution in [3.05, 3.63) is 129 Å².